The zero-order valence-corrected chi connectivity index (χ0v) is 12.6. The molecule has 0 aliphatic heterocycles. The lowest BCUT2D eigenvalue weighted by Crippen LogP contribution is -2.14. The number of carboxylic acid groups (broad SMARTS) is 1. The molecule has 0 aromatic heterocycles. The molecule has 1 amide bonds. The molecule has 0 saturated carbocycles. The van der Waals surface area contributed by atoms with Crippen molar-refractivity contribution in [3.63, 3.8) is 0 Å². The van der Waals surface area contributed by atoms with Crippen LogP contribution in [0.15, 0.2) is 54.2 Å². The van der Waals surface area contributed by atoms with Crippen LogP contribution in [0.5, 0.6) is 0 Å². The predicted molar refractivity (Wildman–Crippen MR) is 85.7 cm³/mol. The molecule has 126 valence electrons. The Labute approximate surface area is 141 Å². The maximum Gasteiger partial charge on any atom is 0.335 e. The largest absolute Gasteiger partial charge is 0.478 e. The van der Waals surface area contributed by atoms with Gasteiger partial charge >= 0.3 is 5.97 Å². The van der Waals surface area contributed by atoms with Gasteiger partial charge in [0.25, 0.3) is 5.91 Å². The highest BCUT2D eigenvalue weighted by atomic mass is 19.1. The number of carbonyl (C=O) groups is 2. The van der Waals surface area contributed by atoms with Gasteiger partial charge in [-0.3, -0.25) is 4.79 Å². The fourth-order valence-corrected chi connectivity index (χ4v) is 1.80. The third kappa shape index (κ3) is 4.62. The Morgan fingerprint density at radius 1 is 1.12 bits per heavy atom. The topological polar surface area (TPSA) is 102 Å². The van der Waals surface area contributed by atoms with E-state index in [4.69, 9.17) is 10.4 Å². The summed E-state index contributed by atoms with van der Waals surface area (Å²) in [5.41, 5.74) is -0.134. The molecule has 0 fully saturated rings. The molecule has 0 aliphatic carbocycles. The third-order valence-corrected chi connectivity index (χ3v) is 3.06. The van der Waals surface area contributed by atoms with Gasteiger partial charge in [0.1, 0.15) is 23.3 Å². The van der Waals surface area contributed by atoms with E-state index in [9.17, 15) is 18.4 Å². The number of nitrogens with one attached hydrogen (secondary N) is 2. The molecular formula is C17H11F2N3O3. The number of nitrogens with zero attached hydrogens (tertiary/aromatic N) is 1. The summed E-state index contributed by atoms with van der Waals surface area (Å²) in [5, 5.41) is 22.7. The predicted octanol–water partition coefficient (Wildman–Crippen LogP) is 3.12. The summed E-state index contributed by atoms with van der Waals surface area (Å²) in [4.78, 5) is 22.8. The van der Waals surface area contributed by atoms with Crippen molar-refractivity contribution in [2.45, 2.75) is 0 Å². The van der Waals surface area contributed by atoms with Crippen molar-refractivity contribution in [2.75, 3.05) is 10.6 Å². The molecule has 6 nitrogen and oxygen atoms in total. The number of nitriles is 1. The molecule has 0 atom stereocenters. The highest BCUT2D eigenvalue weighted by molar-refractivity contribution is 6.06. The van der Waals surface area contributed by atoms with Crippen LogP contribution < -0.4 is 10.6 Å². The van der Waals surface area contributed by atoms with Crippen LogP contribution >= 0.6 is 0 Å². The van der Waals surface area contributed by atoms with Crippen molar-refractivity contribution in [1.82, 2.24) is 0 Å². The molecule has 0 aliphatic rings. The minimum Gasteiger partial charge on any atom is -0.478 e. The lowest BCUT2D eigenvalue weighted by Gasteiger charge is -2.06. The van der Waals surface area contributed by atoms with Gasteiger partial charge in [-0.15, -0.1) is 0 Å². The van der Waals surface area contributed by atoms with Crippen molar-refractivity contribution in [3.8, 4) is 6.07 Å². The van der Waals surface area contributed by atoms with Gasteiger partial charge in [-0.05, 0) is 36.4 Å². The van der Waals surface area contributed by atoms with Crippen LogP contribution in [0.2, 0.25) is 0 Å². The summed E-state index contributed by atoms with van der Waals surface area (Å²) in [6.07, 6.45) is 0.983. The first-order chi connectivity index (χ1) is 11.9. The first kappa shape index (κ1) is 17.6. The highest BCUT2D eigenvalue weighted by Gasteiger charge is 2.11. The summed E-state index contributed by atoms with van der Waals surface area (Å²) in [5.74, 6) is -3.52. The quantitative estimate of drug-likeness (QED) is 0.572. The first-order valence-electron chi connectivity index (χ1n) is 6.87. The minimum atomic E-state index is -1.11. The number of rotatable bonds is 5. The van der Waals surface area contributed by atoms with Gasteiger partial charge in [0.05, 0.1) is 11.3 Å². The van der Waals surface area contributed by atoms with E-state index in [1.807, 2.05) is 0 Å². The molecule has 3 N–H and O–H groups in total. The Morgan fingerprint density at radius 2 is 1.80 bits per heavy atom. The van der Waals surface area contributed by atoms with E-state index in [0.717, 1.165) is 18.3 Å². The van der Waals surface area contributed by atoms with E-state index in [2.05, 4.69) is 10.6 Å². The summed E-state index contributed by atoms with van der Waals surface area (Å²) >= 11 is 0. The lowest BCUT2D eigenvalue weighted by molar-refractivity contribution is -0.112. The van der Waals surface area contributed by atoms with Crippen LogP contribution in [0, 0.1) is 23.0 Å². The molecule has 2 aromatic rings. The van der Waals surface area contributed by atoms with Crippen molar-refractivity contribution < 1.29 is 23.5 Å². The van der Waals surface area contributed by atoms with Gasteiger partial charge in [-0.25, -0.2) is 13.6 Å². The fraction of sp³-hybridized carbons (Fsp3) is 0. The van der Waals surface area contributed by atoms with Crippen LogP contribution in [-0.4, -0.2) is 17.0 Å². The molecule has 25 heavy (non-hydrogen) atoms. The van der Waals surface area contributed by atoms with Crippen LogP contribution in [0.1, 0.15) is 10.4 Å². The maximum absolute atomic E-state index is 13.5. The Bertz CT molecular complexity index is 887. The Kier molecular flexibility index (Phi) is 5.43. The van der Waals surface area contributed by atoms with E-state index in [-0.39, 0.29) is 22.5 Å². The second-order valence-corrected chi connectivity index (χ2v) is 4.77. The second-order valence-electron chi connectivity index (χ2n) is 4.77. The van der Waals surface area contributed by atoms with Gasteiger partial charge in [0.2, 0.25) is 0 Å². The molecular weight excluding hydrogens is 332 g/mol. The van der Waals surface area contributed by atoms with E-state index in [0.29, 0.717) is 6.07 Å². The van der Waals surface area contributed by atoms with E-state index in [1.165, 1.54) is 24.3 Å². The van der Waals surface area contributed by atoms with E-state index < -0.39 is 23.5 Å². The maximum atomic E-state index is 13.5. The first-order valence-corrected chi connectivity index (χ1v) is 6.87. The van der Waals surface area contributed by atoms with Gasteiger partial charge in [0.15, 0.2) is 0 Å². The second kappa shape index (κ2) is 7.70. The zero-order valence-electron chi connectivity index (χ0n) is 12.6. The molecule has 8 heteroatoms. The summed E-state index contributed by atoms with van der Waals surface area (Å²) in [7, 11) is 0. The normalized spacial score (nSPS) is 10.7. The number of hydrogen-bond donors (Lipinski definition) is 3. The number of aromatic carboxylic acids is 1. The van der Waals surface area contributed by atoms with Gasteiger partial charge in [0, 0.05) is 18.0 Å². The monoisotopic (exact) mass is 343 g/mol. The van der Waals surface area contributed by atoms with Crippen LogP contribution in [0.3, 0.4) is 0 Å². The number of amides is 1. The van der Waals surface area contributed by atoms with Crippen molar-refractivity contribution in [2.24, 2.45) is 0 Å². The smallest absolute Gasteiger partial charge is 0.335 e. The Hall–Kier alpha value is -3.73. The molecule has 0 radical (unpaired) electrons. The average Bonchev–Trinajstić information content (AvgIpc) is 2.57. The Balaban J connectivity index is 2.09. The molecule has 2 aromatic carbocycles. The molecule has 0 unspecified atom stereocenters. The van der Waals surface area contributed by atoms with Crippen LogP contribution in [0.25, 0.3) is 0 Å². The van der Waals surface area contributed by atoms with Crippen molar-refractivity contribution in [1.29, 1.82) is 5.26 Å². The van der Waals surface area contributed by atoms with E-state index in [1.54, 1.807) is 6.07 Å². The number of carboxylic acids is 1. The Morgan fingerprint density at radius 3 is 2.36 bits per heavy atom. The summed E-state index contributed by atoms with van der Waals surface area (Å²) in [6, 6.07) is 9.77. The standard InChI is InChI=1S/C17H11F2N3O3/c18-12-3-6-15(14(19)7-12)21-9-11(8-20)16(23)22-13-4-1-10(2-5-13)17(24)25/h1-7,9,21H,(H,22,23)(H,24,25)/b11-9-. The third-order valence-electron chi connectivity index (χ3n) is 3.06. The van der Waals surface area contributed by atoms with Gasteiger partial charge in [-0.1, -0.05) is 0 Å². The van der Waals surface area contributed by atoms with Crippen molar-refractivity contribution in [3.05, 3.63) is 71.4 Å². The minimum absolute atomic E-state index is 0.0440. The van der Waals surface area contributed by atoms with Crippen LogP contribution in [-0.2, 0) is 4.79 Å². The number of hydrogen-bond acceptors (Lipinski definition) is 4. The van der Waals surface area contributed by atoms with E-state index >= 15 is 0 Å². The average molecular weight is 343 g/mol. The SMILES string of the molecule is N#C/C(=C/Nc1ccc(F)cc1F)C(=O)Nc1ccc(C(=O)O)cc1. The number of anilines is 2. The van der Waals surface area contributed by atoms with Crippen molar-refractivity contribution >= 4 is 23.3 Å². The van der Waals surface area contributed by atoms with Gasteiger partial charge < -0.3 is 15.7 Å². The zero-order chi connectivity index (χ0) is 18.4. The van der Waals surface area contributed by atoms with Crippen LogP contribution in [0.4, 0.5) is 20.2 Å². The number of carbonyl (C=O) groups excluding carboxylic acids is 1. The fourth-order valence-electron chi connectivity index (χ4n) is 1.80. The number of halogens is 2. The molecule has 0 heterocycles. The summed E-state index contributed by atoms with van der Waals surface area (Å²) < 4.78 is 26.3. The highest BCUT2D eigenvalue weighted by Crippen LogP contribution is 2.16. The van der Waals surface area contributed by atoms with Gasteiger partial charge in [-0.2, -0.15) is 5.26 Å². The lowest BCUT2D eigenvalue weighted by atomic mass is 10.2. The molecule has 0 bridgehead atoms. The summed E-state index contributed by atoms with van der Waals surface area (Å²) in [6.45, 7) is 0. The molecule has 0 spiro atoms. The molecule has 2 rings (SSSR count). The molecule has 0 saturated heterocycles. The number of benzene rings is 2.